The van der Waals surface area contributed by atoms with Crippen molar-refractivity contribution < 1.29 is 5.11 Å². The predicted octanol–water partition coefficient (Wildman–Crippen LogP) is 2.37. The van der Waals surface area contributed by atoms with Gasteiger partial charge >= 0.3 is 0 Å². The summed E-state index contributed by atoms with van der Waals surface area (Å²) in [5, 5.41) is 13.2. The van der Waals surface area contributed by atoms with Crippen molar-refractivity contribution in [2.24, 2.45) is 5.92 Å². The molecule has 0 aliphatic heterocycles. The Bertz CT molecular complexity index is 421. The Morgan fingerprint density at radius 3 is 2.84 bits per heavy atom. The molecule has 1 heterocycles. The summed E-state index contributed by atoms with van der Waals surface area (Å²) in [6, 6.07) is 3.79. The van der Waals surface area contributed by atoms with E-state index in [1.54, 1.807) is 0 Å². The summed E-state index contributed by atoms with van der Waals surface area (Å²) in [6.07, 6.45) is 1.75. The van der Waals surface area contributed by atoms with Crippen molar-refractivity contribution in [3.8, 4) is 0 Å². The maximum Gasteiger partial charge on any atom is 0.126 e. The van der Waals surface area contributed by atoms with Crippen LogP contribution in [0.2, 0.25) is 5.02 Å². The van der Waals surface area contributed by atoms with Gasteiger partial charge in [0, 0.05) is 19.6 Å². The van der Waals surface area contributed by atoms with Crippen LogP contribution in [0.1, 0.15) is 25.5 Å². The molecule has 1 aliphatic carbocycles. The average molecular weight is 284 g/mol. The zero-order valence-corrected chi connectivity index (χ0v) is 12.3. The number of pyridine rings is 1. The van der Waals surface area contributed by atoms with Crippen LogP contribution >= 0.6 is 11.6 Å². The van der Waals surface area contributed by atoms with Gasteiger partial charge in [-0.05, 0) is 44.9 Å². The van der Waals surface area contributed by atoms with E-state index in [2.05, 4.69) is 22.2 Å². The highest BCUT2D eigenvalue weighted by Crippen LogP contribution is 2.28. The molecule has 0 aromatic carbocycles. The van der Waals surface area contributed by atoms with Gasteiger partial charge in [-0.3, -0.25) is 0 Å². The van der Waals surface area contributed by atoms with Gasteiger partial charge in [0.15, 0.2) is 0 Å². The molecule has 0 spiro atoms. The molecule has 0 radical (unpaired) electrons. The smallest absolute Gasteiger partial charge is 0.126 e. The van der Waals surface area contributed by atoms with Crippen molar-refractivity contribution >= 4 is 17.4 Å². The molecule has 1 aromatic rings. The number of rotatable bonds is 6. The second-order valence-electron chi connectivity index (χ2n) is 5.34. The number of aliphatic hydroxyl groups excluding tert-OH is 1. The summed E-state index contributed by atoms with van der Waals surface area (Å²) < 4.78 is 0. The van der Waals surface area contributed by atoms with Gasteiger partial charge < -0.3 is 15.3 Å². The normalized spacial score (nSPS) is 22.4. The second-order valence-corrected chi connectivity index (χ2v) is 5.75. The lowest BCUT2D eigenvalue weighted by atomic mass is 9.82. The molecule has 0 atom stereocenters. The molecule has 4 nitrogen and oxygen atoms in total. The Labute approximate surface area is 119 Å². The van der Waals surface area contributed by atoms with Crippen LogP contribution in [0.25, 0.3) is 0 Å². The van der Waals surface area contributed by atoms with Crippen LogP contribution in [0.15, 0.2) is 12.1 Å². The topological polar surface area (TPSA) is 48.4 Å². The van der Waals surface area contributed by atoms with Crippen LogP contribution in [-0.2, 0) is 6.54 Å². The summed E-state index contributed by atoms with van der Waals surface area (Å²) in [5.74, 6) is 1.48. The highest BCUT2D eigenvalue weighted by atomic mass is 35.5. The van der Waals surface area contributed by atoms with E-state index in [4.69, 9.17) is 11.6 Å². The molecule has 106 valence electrons. The van der Waals surface area contributed by atoms with Crippen molar-refractivity contribution in [2.75, 3.05) is 25.5 Å². The van der Waals surface area contributed by atoms with Gasteiger partial charge in [0.1, 0.15) is 5.82 Å². The Kier molecular flexibility index (Phi) is 5.02. The average Bonchev–Trinajstić information content (AvgIpc) is 2.32. The third-order valence-electron chi connectivity index (χ3n) is 3.48. The van der Waals surface area contributed by atoms with Crippen LogP contribution in [0.3, 0.4) is 0 Å². The second kappa shape index (κ2) is 6.55. The molecule has 1 fully saturated rings. The van der Waals surface area contributed by atoms with Gasteiger partial charge in [-0.15, -0.1) is 0 Å². The van der Waals surface area contributed by atoms with E-state index in [1.807, 2.05) is 19.1 Å². The van der Waals surface area contributed by atoms with Gasteiger partial charge in [0.2, 0.25) is 0 Å². The molecule has 19 heavy (non-hydrogen) atoms. The fourth-order valence-corrected chi connectivity index (χ4v) is 2.65. The van der Waals surface area contributed by atoms with E-state index in [1.165, 1.54) is 0 Å². The number of hydrogen-bond acceptors (Lipinski definition) is 4. The largest absolute Gasteiger partial charge is 0.393 e. The number of aliphatic hydroxyl groups is 1. The van der Waals surface area contributed by atoms with Crippen LogP contribution in [0, 0.1) is 5.92 Å². The Hall–Kier alpha value is -0.840. The minimum Gasteiger partial charge on any atom is -0.393 e. The van der Waals surface area contributed by atoms with E-state index < -0.39 is 0 Å². The van der Waals surface area contributed by atoms with Gasteiger partial charge in [0.25, 0.3) is 0 Å². The Morgan fingerprint density at radius 1 is 1.47 bits per heavy atom. The predicted molar refractivity (Wildman–Crippen MR) is 78.5 cm³/mol. The maximum absolute atomic E-state index is 9.30. The molecule has 0 bridgehead atoms. The minimum absolute atomic E-state index is 0.0859. The fourth-order valence-electron chi connectivity index (χ4n) is 2.49. The van der Waals surface area contributed by atoms with Crippen LogP contribution in [0.5, 0.6) is 0 Å². The number of nitrogens with zero attached hydrogens (tertiary/aromatic N) is 2. The van der Waals surface area contributed by atoms with Gasteiger partial charge in [-0.25, -0.2) is 4.98 Å². The molecule has 1 aliphatic rings. The van der Waals surface area contributed by atoms with E-state index in [-0.39, 0.29) is 6.10 Å². The van der Waals surface area contributed by atoms with Crippen LogP contribution in [-0.4, -0.2) is 41.2 Å². The fraction of sp³-hybridized carbons (Fsp3) is 0.643. The molecular formula is C14H22ClN3O. The highest BCUT2D eigenvalue weighted by Gasteiger charge is 2.28. The summed E-state index contributed by atoms with van der Waals surface area (Å²) in [7, 11) is 2.07. The number of anilines is 1. The standard InChI is InChI=1S/C14H22ClN3O/c1-3-16-14-5-4-12(15)13(17-14)9-18(2)8-10-6-11(19)7-10/h4-5,10-11,19H,3,6-9H2,1-2H3,(H,16,17). The molecule has 2 rings (SSSR count). The molecule has 5 heteroatoms. The lowest BCUT2D eigenvalue weighted by Crippen LogP contribution is -2.37. The summed E-state index contributed by atoms with van der Waals surface area (Å²) in [4.78, 5) is 6.76. The van der Waals surface area contributed by atoms with Gasteiger partial charge in [0.05, 0.1) is 16.8 Å². The Morgan fingerprint density at radius 2 is 2.21 bits per heavy atom. The first kappa shape index (κ1) is 14.6. The lowest BCUT2D eigenvalue weighted by Gasteiger charge is -2.34. The number of halogens is 1. The van der Waals surface area contributed by atoms with E-state index in [0.717, 1.165) is 44.0 Å². The van der Waals surface area contributed by atoms with E-state index in [9.17, 15) is 5.11 Å². The van der Waals surface area contributed by atoms with E-state index >= 15 is 0 Å². The number of hydrogen-bond donors (Lipinski definition) is 2. The first-order valence-electron chi connectivity index (χ1n) is 6.84. The van der Waals surface area contributed by atoms with Gasteiger partial charge in [-0.1, -0.05) is 11.6 Å². The number of aromatic nitrogens is 1. The highest BCUT2D eigenvalue weighted by molar-refractivity contribution is 6.31. The van der Waals surface area contributed by atoms with E-state index in [0.29, 0.717) is 10.9 Å². The van der Waals surface area contributed by atoms with Crippen LogP contribution < -0.4 is 5.32 Å². The molecular weight excluding hydrogens is 262 g/mol. The molecule has 0 unspecified atom stereocenters. The van der Waals surface area contributed by atoms with Crippen molar-refractivity contribution in [1.82, 2.24) is 9.88 Å². The summed E-state index contributed by atoms with van der Waals surface area (Å²) in [6.45, 7) is 4.62. The summed E-state index contributed by atoms with van der Waals surface area (Å²) >= 11 is 6.19. The third kappa shape index (κ3) is 4.06. The molecule has 1 saturated carbocycles. The molecule has 0 saturated heterocycles. The van der Waals surface area contributed by atoms with Crippen molar-refractivity contribution in [3.63, 3.8) is 0 Å². The monoisotopic (exact) mass is 283 g/mol. The summed E-state index contributed by atoms with van der Waals surface area (Å²) in [5.41, 5.74) is 0.905. The minimum atomic E-state index is -0.0859. The van der Waals surface area contributed by atoms with Crippen LogP contribution in [0.4, 0.5) is 5.82 Å². The zero-order valence-electron chi connectivity index (χ0n) is 11.6. The number of nitrogens with one attached hydrogen (secondary N) is 1. The first-order chi connectivity index (χ1) is 9.08. The quantitative estimate of drug-likeness (QED) is 0.841. The first-order valence-corrected chi connectivity index (χ1v) is 7.22. The molecule has 1 aromatic heterocycles. The SMILES string of the molecule is CCNc1ccc(Cl)c(CN(C)CC2CC(O)C2)n1. The lowest BCUT2D eigenvalue weighted by molar-refractivity contribution is 0.0272. The Balaban J connectivity index is 1.91. The molecule has 0 amide bonds. The maximum atomic E-state index is 9.30. The van der Waals surface area contributed by atoms with Crippen molar-refractivity contribution in [2.45, 2.75) is 32.4 Å². The van der Waals surface area contributed by atoms with Crippen molar-refractivity contribution in [1.29, 1.82) is 0 Å². The zero-order chi connectivity index (χ0) is 13.8. The van der Waals surface area contributed by atoms with Crippen molar-refractivity contribution in [3.05, 3.63) is 22.8 Å². The third-order valence-corrected chi connectivity index (χ3v) is 3.82. The van der Waals surface area contributed by atoms with Gasteiger partial charge in [-0.2, -0.15) is 0 Å². The molecule has 2 N–H and O–H groups in total.